The lowest BCUT2D eigenvalue weighted by Gasteiger charge is -2.53. The topological polar surface area (TPSA) is 17.1 Å². The van der Waals surface area contributed by atoms with E-state index >= 15 is 0 Å². The highest BCUT2D eigenvalue weighted by Gasteiger charge is 2.49. The molecule has 0 N–H and O–H groups in total. The molecular weight excluding hydrogens is 340 g/mol. The first-order chi connectivity index (χ1) is 12.7. The molecule has 4 aliphatic rings. The van der Waals surface area contributed by atoms with Crippen molar-refractivity contribution in [3.05, 3.63) is 0 Å². The van der Waals surface area contributed by atoms with E-state index in [1.54, 1.807) is 0 Å². The molecule has 2 heteroatoms. The number of carbonyl (C=O) groups excluding carboxylic acids is 1. The van der Waals surface area contributed by atoms with Gasteiger partial charge in [-0.2, -0.15) is 0 Å². The van der Waals surface area contributed by atoms with Gasteiger partial charge in [-0.1, -0.05) is 26.2 Å². The van der Waals surface area contributed by atoms with Gasteiger partial charge in [-0.25, -0.2) is 0 Å². The van der Waals surface area contributed by atoms with E-state index in [-0.39, 0.29) is 0 Å². The highest BCUT2D eigenvalue weighted by Crippen LogP contribution is 2.58. The summed E-state index contributed by atoms with van der Waals surface area (Å²) < 4.78 is 0. The Balaban J connectivity index is 1.61. The number of hydrogen-bond donors (Lipinski definition) is 0. The van der Waals surface area contributed by atoms with Crippen molar-refractivity contribution in [2.45, 2.75) is 110 Å². The van der Waals surface area contributed by atoms with E-state index in [1.165, 1.54) is 109 Å². The van der Waals surface area contributed by atoms with Crippen molar-refractivity contribution >= 4 is 17.9 Å². The molecule has 0 aliphatic heterocycles. The second kappa shape index (κ2) is 9.44. The van der Waals surface area contributed by atoms with Gasteiger partial charge in [0, 0.05) is 11.8 Å². The van der Waals surface area contributed by atoms with Gasteiger partial charge in [-0.05, 0) is 106 Å². The summed E-state index contributed by atoms with van der Waals surface area (Å²) in [6, 6.07) is 0. The number of hydrogen-bond acceptors (Lipinski definition) is 1. The molecule has 1 atom stereocenters. The first-order valence-corrected chi connectivity index (χ1v) is 12.2. The van der Waals surface area contributed by atoms with E-state index in [4.69, 9.17) is 11.6 Å². The van der Waals surface area contributed by atoms with Crippen LogP contribution in [0.1, 0.15) is 110 Å². The van der Waals surface area contributed by atoms with Crippen molar-refractivity contribution in [3.63, 3.8) is 0 Å². The molecule has 2 bridgehead atoms. The van der Waals surface area contributed by atoms with Gasteiger partial charge in [0.25, 0.3) is 0 Å². The summed E-state index contributed by atoms with van der Waals surface area (Å²) in [4.78, 5) is 12.2. The molecule has 0 saturated heterocycles. The molecule has 4 aliphatic carbocycles. The highest BCUT2D eigenvalue weighted by molar-refractivity contribution is 6.17. The Morgan fingerprint density at radius 2 is 1.54 bits per heavy atom. The number of carbonyl (C=O) groups is 1. The van der Waals surface area contributed by atoms with Crippen molar-refractivity contribution in [1.29, 1.82) is 0 Å². The molecule has 26 heavy (non-hydrogen) atoms. The van der Waals surface area contributed by atoms with Gasteiger partial charge in [0.1, 0.15) is 6.29 Å². The Labute approximate surface area is 167 Å². The molecule has 150 valence electrons. The Hall–Kier alpha value is -0.0400. The quantitative estimate of drug-likeness (QED) is 0.217. The summed E-state index contributed by atoms with van der Waals surface area (Å²) in [6.45, 7) is 2.30. The van der Waals surface area contributed by atoms with E-state index in [9.17, 15) is 4.79 Å². The maximum atomic E-state index is 12.2. The first kappa shape index (κ1) is 20.7. The number of unbranched alkanes of at least 4 members (excludes halogenated alkanes) is 2. The molecule has 1 nitrogen and oxygen atoms in total. The average Bonchev–Trinajstić information content (AvgIpc) is 2.70. The van der Waals surface area contributed by atoms with Crippen LogP contribution in [0.15, 0.2) is 0 Å². The van der Waals surface area contributed by atoms with Crippen molar-refractivity contribution in [3.8, 4) is 0 Å². The summed E-state index contributed by atoms with van der Waals surface area (Å²) in [5.41, 5.74) is 0.926. The molecule has 0 aromatic carbocycles. The van der Waals surface area contributed by atoms with Gasteiger partial charge in [-0.15, -0.1) is 11.6 Å². The minimum atomic E-state index is 0.352. The lowest BCUT2D eigenvalue weighted by molar-refractivity contribution is -0.124. The van der Waals surface area contributed by atoms with Crippen molar-refractivity contribution in [1.82, 2.24) is 0 Å². The van der Waals surface area contributed by atoms with Gasteiger partial charge in [0.2, 0.25) is 0 Å². The molecule has 0 radical (unpaired) electrons. The van der Waals surface area contributed by atoms with E-state index < -0.39 is 0 Å². The van der Waals surface area contributed by atoms with Gasteiger partial charge in [0.15, 0.2) is 0 Å². The average molecular weight is 381 g/mol. The number of aldehydes is 1. The first-order valence-electron chi connectivity index (χ1n) is 11.7. The number of rotatable bonds is 10. The van der Waals surface area contributed by atoms with Crippen LogP contribution in [0, 0.1) is 28.6 Å². The highest BCUT2D eigenvalue weighted by atomic mass is 35.5. The van der Waals surface area contributed by atoms with Crippen molar-refractivity contribution < 1.29 is 4.79 Å². The summed E-state index contributed by atoms with van der Waals surface area (Å²) in [5, 5.41) is 0. The van der Waals surface area contributed by atoms with Crippen molar-refractivity contribution in [2.75, 3.05) is 5.88 Å². The number of halogens is 1. The molecule has 0 spiro atoms. The van der Waals surface area contributed by atoms with Crippen LogP contribution in [0.2, 0.25) is 0 Å². The Morgan fingerprint density at radius 3 is 2.08 bits per heavy atom. The van der Waals surface area contributed by atoms with E-state index in [0.717, 1.165) is 11.8 Å². The number of alkyl halides is 1. The summed E-state index contributed by atoms with van der Waals surface area (Å²) in [5.74, 6) is 2.81. The Morgan fingerprint density at radius 1 is 0.923 bits per heavy atom. The maximum Gasteiger partial charge on any atom is 0.123 e. The van der Waals surface area contributed by atoms with Crippen LogP contribution in [-0.2, 0) is 4.79 Å². The van der Waals surface area contributed by atoms with Crippen LogP contribution < -0.4 is 0 Å². The molecule has 4 saturated carbocycles. The minimum absolute atomic E-state index is 0.352. The second-order valence-corrected chi connectivity index (χ2v) is 10.5. The Kier molecular flexibility index (Phi) is 7.51. The maximum absolute atomic E-state index is 12.2. The SMILES string of the molecule is CCCCC[C@]1(CCCCl)CC[C@@H](C(C=O)C23CCC(CC2)CC3)CC1. The van der Waals surface area contributed by atoms with Gasteiger partial charge < -0.3 is 4.79 Å². The fraction of sp³-hybridized carbons (Fsp3) is 0.958. The zero-order valence-corrected chi connectivity index (χ0v) is 17.9. The third-order valence-electron chi connectivity index (χ3n) is 8.76. The molecule has 4 fully saturated rings. The van der Waals surface area contributed by atoms with Crippen molar-refractivity contribution in [2.24, 2.45) is 28.6 Å². The standard InChI is InChI=1S/C24H41ClO/c1-2-3-4-11-23(12-5-18-25)13-9-21(10-14-23)22(19-26)24-15-6-20(7-16-24)8-17-24/h19-22H,2-18H2,1H3/t20?,21-,22?,23+,24?. The van der Waals surface area contributed by atoms with Crippen LogP contribution in [0.5, 0.6) is 0 Å². The lowest BCUT2D eigenvalue weighted by atomic mass is 9.51. The molecule has 4 rings (SSSR count). The van der Waals surface area contributed by atoms with Crippen LogP contribution in [0.4, 0.5) is 0 Å². The third kappa shape index (κ3) is 4.50. The van der Waals surface area contributed by atoms with E-state index in [1.807, 2.05) is 0 Å². The predicted molar refractivity (Wildman–Crippen MR) is 112 cm³/mol. The molecule has 0 aromatic heterocycles. The molecule has 1 unspecified atom stereocenters. The normalized spacial score (nSPS) is 38.2. The van der Waals surface area contributed by atoms with Crippen LogP contribution >= 0.6 is 11.6 Å². The fourth-order valence-electron chi connectivity index (χ4n) is 6.97. The largest absolute Gasteiger partial charge is 0.303 e. The molecule has 0 amide bonds. The minimum Gasteiger partial charge on any atom is -0.303 e. The third-order valence-corrected chi connectivity index (χ3v) is 9.02. The zero-order chi connectivity index (χ0) is 18.5. The lowest BCUT2D eigenvalue weighted by Crippen LogP contribution is -2.45. The molecule has 0 heterocycles. The summed E-state index contributed by atoms with van der Waals surface area (Å²) >= 11 is 6.04. The smallest absolute Gasteiger partial charge is 0.123 e. The van der Waals surface area contributed by atoms with Crippen LogP contribution in [0.25, 0.3) is 0 Å². The van der Waals surface area contributed by atoms with E-state index in [0.29, 0.717) is 22.7 Å². The van der Waals surface area contributed by atoms with Crippen LogP contribution in [-0.4, -0.2) is 12.2 Å². The summed E-state index contributed by atoms with van der Waals surface area (Å²) in [6.07, 6.45) is 22.8. The van der Waals surface area contributed by atoms with Crippen LogP contribution in [0.3, 0.4) is 0 Å². The predicted octanol–water partition coefficient (Wildman–Crippen LogP) is 7.55. The Bertz CT molecular complexity index is 416. The fourth-order valence-corrected chi connectivity index (χ4v) is 7.10. The van der Waals surface area contributed by atoms with E-state index in [2.05, 4.69) is 6.92 Å². The van der Waals surface area contributed by atoms with Gasteiger partial charge >= 0.3 is 0 Å². The second-order valence-electron chi connectivity index (χ2n) is 10.1. The van der Waals surface area contributed by atoms with Gasteiger partial charge in [-0.3, -0.25) is 0 Å². The monoisotopic (exact) mass is 380 g/mol. The molecular formula is C24H41ClO. The summed E-state index contributed by atoms with van der Waals surface area (Å²) in [7, 11) is 0. The molecule has 0 aromatic rings. The zero-order valence-electron chi connectivity index (χ0n) is 17.1. The number of fused-ring (bicyclic) bond motifs is 3. The van der Waals surface area contributed by atoms with Gasteiger partial charge in [0.05, 0.1) is 0 Å².